The molecule has 0 aliphatic carbocycles. The molecule has 0 radical (unpaired) electrons. The molecule has 2 aliphatic rings. The molecule has 0 bridgehead atoms. The van der Waals surface area contributed by atoms with E-state index in [2.05, 4.69) is 4.90 Å². The summed E-state index contributed by atoms with van der Waals surface area (Å²) in [6, 6.07) is 5.68. The maximum Gasteiger partial charge on any atom is 0.192 e. The van der Waals surface area contributed by atoms with Crippen molar-refractivity contribution < 1.29 is 14.3 Å². The van der Waals surface area contributed by atoms with E-state index in [0.29, 0.717) is 13.2 Å². The lowest BCUT2D eigenvalue weighted by molar-refractivity contribution is -0.00862. The second-order valence-corrected chi connectivity index (χ2v) is 4.91. The van der Waals surface area contributed by atoms with Crippen molar-refractivity contribution in [3.63, 3.8) is 0 Å². The minimum absolute atomic E-state index is 0.0799. The van der Waals surface area contributed by atoms with Crippen molar-refractivity contribution in [2.24, 2.45) is 0 Å². The SMILES string of the molecule is CN1CCOC(C(=O)c2ccc3c(c2)CCO3)C1. The molecular weight excluding hydrogens is 230 g/mol. The third kappa shape index (κ3) is 2.13. The summed E-state index contributed by atoms with van der Waals surface area (Å²) in [5, 5.41) is 0. The van der Waals surface area contributed by atoms with Crippen molar-refractivity contribution in [2.75, 3.05) is 33.4 Å². The van der Waals surface area contributed by atoms with Crippen LogP contribution >= 0.6 is 0 Å². The maximum absolute atomic E-state index is 12.4. The van der Waals surface area contributed by atoms with E-state index in [1.807, 2.05) is 25.2 Å². The molecule has 3 rings (SSSR count). The van der Waals surface area contributed by atoms with Crippen molar-refractivity contribution in [3.8, 4) is 5.75 Å². The van der Waals surface area contributed by atoms with Crippen LogP contribution in [0.3, 0.4) is 0 Å². The number of carbonyl (C=O) groups is 1. The summed E-state index contributed by atoms with van der Waals surface area (Å²) < 4.78 is 11.0. The molecular formula is C14H17NO3. The van der Waals surface area contributed by atoms with E-state index in [4.69, 9.17) is 9.47 Å². The molecule has 1 aromatic rings. The van der Waals surface area contributed by atoms with E-state index in [1.165, 1.54) is 0 Å². The number of fused-ring (bicyclic) bond motifs is 1. The summed E-state index contributed by atoms with van der Waals surface area (Å²) in [5.74, 6) is 0.990. The fraction of sp³-hybridized carbons (Fsp3) is 0.500. The Labute approximate surface area is 106 Å². The number of Topliss-reactive ketones (excluding diaryl/α,β-unsaturated/α-hetero) is 1. The summed E-state index contributed by atoms with van der Waals surface area (Å²) >= 11 is 0. The Morgan fingerprint density at radius 1 is 1.39 bits per heavy atom. The summed E-state index contributed by atoms with van der Waals surface area (Å²) in [5.41, 5.74) is 1.87. The third-order valence-electron chi connectivity index (χ3n) is 3.54. The monoisotopic (exact) mass is 247 g/mol. The highest BCUT2D eigenvalue weighted by molar-refractivity contribution is 6.00. The molecule has 96 valence electrons. The third-order valence-corrected chi connectivity index (χ3v) is 3.54. The second kappa shape index (κ2) is 4.71. The van der Waals surface area contributed by atoms with E-state index in [1.54, 1.807) is 0 Å². The van der Waals surface area contributed by atoms with Crippen LogP contribution in [0.5, 0.6) is 5.75 Å². The predicted octanol–water partition coefficient (Wildman–Crippen LogP) is 1.13. The molecule has 0 saturated carbocycles. The lowest BCUT2D eigenvalue weighted by Gasteiger charge is -2.29. The number of nitrogens with zero attached hydrogens (tertiary/aromatic N) is 1. The Morgan fingerprint density at radius 2 is 2.28 bits per heavy atom. The zero-order valence-corrected chi connectivity index (χ0v) is 10.5. The number of hydrogen-bond donors (Lipinski definition) is 0. The molecule has 0 amide bonds. The fourth-order valence-electron chi connectivity index (χ4n) is 2.46. The van der Waals surface area contributed by atoms with Gasteiger partial charge in [0.05, 0.1) is 13.2 Å². The van der Waals surface area contributed by atoms with Gasteiger partial charge in [0.1, 0.15) is 11.9 Å². The lowest BCUT2D eigenvalue weighted by atomic mass is 10.0. The lowest BCUT2D eigenvalue weighted by Crippen LogP contribution is -2.44. The summed E-state index contributed by atoms with van der Waals surface area (Å²) in [4.78, 5) is 14.5. The Morgan fingerprint density at radius 3 is 3.11 bits per heavy atom. The average molecular weight is 247 g/mol. The predicted molar refractivity (Wildman–Crippen MR) is 67.2 cm³/mol. The van der Waals surface area contributed by atoms with Crippen LogP contribution in [0.25, 0.3) is 0 Å². The van der Waals surface area contributed by atoms with Crippen molar-refractivity contribution in [1.29, 1.82) is 0 Å². The Balaban J connectivity index is 1.79. The first-order chi connectivity index (χ1) is 8.74. The molecule has 4 nitrogen and oxygen atoms in total. The number of likely N-dealkylation sites (N-methyl/N-ethyl adjacent to an activating group) is 1. The molecule has 1 atom stereocenters. The molecule has 2 heterocycles. The Bertz CT molecular complexity index is 472. The minimum atomic E-state index is -0.330. The van der Waals surface area contributed by atoms with Crippen LogP contribution in [0.1, 0.15) is 15.9 Å². The molecule has 1 aromatic carbocycles. The fourth-order valence-corrected chi connectivity index (χ4v) is 2.46. The number of rotatable bonds is 2. The van der Waals surface area contributed by atoms with Crippen molar-refractivity contribution >= 4 is 5.78 Å². The average Bonchev–Trinajstić information content (AvgIpc) is 2.85. The first kappa shape index (κ1) is 11.7. The van der Waals surface area contributed by atoms with Crippen LogP contribution in [0.15, 0.2) is 18.2 Å². The zero-order chi connectivity index (χ0) is 12.5. The quantitative estimate of drug-likeness (QED) is 0.735. The first-order valence-electron chi connectivity index (χ1n) is 6.34. The molecule has 0 aromatic heterocycles. The number of hydrogen-bond acceptors (Lipinski definition) is 4. The molecule has 2 aliphatic heterocycles. The largest absolute Gasteiger partial charge is 0.493 e. The van der Waals surface area contributed by atoms with Gasteiger partial charge in [-0.05, 0) is 30.8 Å². The number of ketones is 1. The standard InChI is InChI=1S/C14H17NO3/c1-15-5-7-18-13(9-15)14(16)11-2-3-12-10(8-11)4-6-17-12/h2-3,8,13H,4-7,9H2,1H3. The molecule has 0 N–H and O–H groups in total. The molecule has 1 unspecified atom stereocenters. The first-order valence-corrected chi connectivity index (χ1v) is 6.34. The van der Waals surface area contributed by atoms with E-state index >= 15 is 0 Å². The summed E-state index contributed by atoms with van der Waals surface area (Å²) in [7, 11) is 2.01. The minimum Gasteiger partial charge on any atom is -0.493 e. The van der Waals surface area contributed by atoms with E-state index in [0.717, 1.165) is 36.4 Å². The van der Waals surface area contributed by atoms with Gasteiger partial charge in [-0.3, -0.25) is 4.79 Å². The van der Waals surface area contributed by atoms with Gasteiger partial charge < -0.3 is 14.4 Å². The normalized spacial score (nSPS) is 23.5. The maximum atomic E-state index is 12.4. The van der Waals surface area contributed by atoms with Gasteiger partial charge in [-0.2, -0.15) is 0 Å². The molecule has 1 saturated heterocycles. The van der Waals surface area contributed by atoms with Crippen LogP contribution < -0.4 is 4.74 Å². The van der Waals surface area contributed by atoms with Crippen molar-refractivity contribution in [2.45, 2.75) is 12.5 Å². The van der Waals surface area contributed by atoms with Gasteiger partial charge in [0.2, 0.25) is 0 Å². The Hall–Kier alpha value is -1.39. The van der Waals surface area contributed by atoms with Crippen molar-refractivity contribution in [3.05, 3.63) is 29.3 Å². The van der Waals surface area contributed by atoms with E-state index in [-0.39, 0.29) is 11.9 Å². The van der Waals surface area contributed by atoms with Gasteiger partial charge in [0.15, 0.2) is 5.78 Å². The topological polar surface area (TPSA) is 38.8 Å². The van der Waals surface area contributed by atoms with Gasteiger partial charge in [0.25, 0.3) is 0 Å². The van der Waals surface area contributed by atoms with Gasteiger partial charge in [0, 0.05) is 25.1 Å². The highest BCUT2D eigenvalue weighted by Gasteiger charge is 2.26. The van der Waals surface area contributed by atoms with E-state index < -0.39 is 0 Å². The number of morpholine rings is 1. The molecule has 0 spiro atoms. The molecule has 4 heteroatoms. The van der Waals surface area contributed by atoms with Gasteiger partial charge in [-0.25, -0.2) is 0 Å². The number of carbonyl (C=O) groups excluding carboxylic acids is 1. The van der Waals surface area contributed by atoms with Gasteiger partial charge in [-0.15, -0.1) is 0 Å². The van der Waals surface area contributed by atoms with Crippen LogP contribution in [-0.2, 0) is 11.2 Å². The van der Waals surface area contributed by atoms with Crippen LogP contribution in [0, 0.1) is 0 Å². The number of ether oxygens (including phenoxy) is 2. The Kier molecular flexibility index (Phi) is 3.06. The molecule has 1 fully saturated rings. The van der Waals surface area contributed by atoms with Crippen LogP contribution in [0.4, 0.5) is 0 Å². The van der Waals surface area contributed by atoms with Crippen LogP contribution in [0.2, 0.25) is 0 Å². The number of benzene rings is 1. The van der Waals surface area contributed by atoms with Crippen molar-refractivity contribution in [1.82, 2.24) is 4.90 Å². The smallest absolute Gasteiger partial charge is 0.192 e. The van der Waals surface area contributed by atoms with Gasteiger partial charge >= 0.3 is 0 Å². The summed E-state index contributed by atoms with van der Waals surface area (Å²) in [6.45, 7) is 2.91. The van der Waals surface area contributed by atoms with Crippen LogP contribution in [-0.4, -0.2) is 50.1 Å². The highest BCUT2D eigenvalue weighted by Crippen LogP contribution is 2.26. The zero-order valence-electron chi connectivity index (χ0n) is 10.5. The molecule has 18 heavy (non-hydrogen) atoms. The summed E-state index contributed by atoms with van der Waals surface area (Å²) in [6.07, 6.45) is 0.561. The highest BCUT2D eigenvalue weighted by atomic mass is 16.5. The van der Waals surface area contributed by atoms with Gasteiger partial charge in [-0.1, -0.05) is 0 Å². The second-order valence-electron chi connectivity index (χ2n) is 4.91. The van der Waals surface area contributed by atoms with E-state index in [9.17, 15) is 4.79 Å².